The van der Waals surface area contributed by atoms with Crippen LogP contribution in [0.2, 0.25) is 0 Å². The van der Waals surface area contributed by atoms with E-state index in [1.807, 2.05) is 7.05 Å². The predicted octanol–water partition coefficient (Wildman–Crippen LogP) is 3.03. The smallest absolute Gasteiger partial charge is 0.194 e. The van der Waals surface area contributed by atoms with Gasteiger partial charge >= 0.3 is 0 Å². The van der Waals surface area contributed by atoms with Crippen molar-refractivity contribution in [2.75, 3.05) is 20.2 Å². The van der Waals surface area contributed by atoms with Gasteiger partial charge in [0.1, 0.15) is 0 Å². The Hall–Kier alpha value is -1.07. The molecule has 3 rings (SSSR count). The molecule has 4 nitrogen and oxygen atoms in total. The molecule has 2 aliphatic rings. The molecule has 1 N–H and O–H groups in total. The van der Waals surface area contributed by atoms with Crippen LogP contribution in [-0.4, -0.2) is 43.2 Å². The Labute approximate surface area is 131 Å². The molecule has 116 valence electrons. The number of rotatable bonds is 4. The van der Waals surface area contributed by atoms with Crippen molar-refractivity contribution in [1.29, 1.82) is 0 Å². The third-order valence-corrected chi connectivity index (χ3v) is 5.20. The summed E-state index contributed by atoms with van der Waals surface area (Å²) in [7, 11) is 1.89. The SMILES string of the molecule is CCOC1CC(NC(=NC)N2CCCC2c2ccsc2)C1. The van der Waals surface area contributed by atoms with Crippen LogP contribution in [0.15, 0.2) is 21.8 Å². The maximum absolute atomic E-state index is 5.64. The molecule has 0 amide bonds. The van der Waals surface area contributed by atoms with Crippen LogP contribution in [-0.2, 0) is 4.74 Å². The number of likely N-dealkylation sites (tertiary alicyclic amines) is 1. The molecule has 1 aliphatic heterocycles. The Balaban J connectivity index is 1.59. The van der Waals surface area contributed by atoms with Crippen LogP contribution in [0.3, 0.4) is 0 Å². The summed E-state index contributed by atoms with van der Waals surface area (Å²) in [6.07, 6.45) is 5.11. The van der Waals surface area contributed by atoms with E-state index in [0.29, 0.717) is 18.2 Å². The summed E-state index contributed by atoms with van der Waals surface area (Å²) in [6, 6.07) is 3.25. The summed E-state index contributed by atoms with van der Waals surface area (Å²) in [4.78, 5) is 6.96. The largest absolute Gasteiger partial charge is 0.378 e. The molecule has 0 radical (unpaired) electrons. The fourth-order valence-electron chi connectivity index (χ4n) is 3.35. The van der Waals surface area contributed by atoms with E-state index >= 15 is 0 Å². The molecule has 0 spiro atoms. The first-order valence-corrected chi connectivity index (χ1v) is 8.89. The third-order valence-electron chi connectivity index (χ3n) is 4.50. The molecule has 1 unspecified atom stereocenters. The van der Waals surface area contributed by atoms with Crippen molar-refractivity contribution in [3.05, 3.63) is 22.4 Å². The van der Waals surface area contributed by atoms with E-state index in [4.69, 9.17) is 4.74 Å². The lowest BCUT2D eigenvalue weighted by atomic mass is 9.89. The molecule has 5 heteroatoms. The summed E-state index contributed by atoms with van der Waals surface area (Å²) in [5.41, 5.74) is 1.43. The normalized spacial score (nSPS) is 29.5. The van der Waals surface area contributed by atoms with Crippen LogP contribution in [0.5, 0.6) is 0 Å². The van der Waals surface area contributed by atoms with Crippen LogP contribution in [0.4, 0.5) is 0 Å². The van der Waals surface area contributed by atoms with Gasteiger partial charge < -0.3 is 15.0 Å². The van der Waals surface area contributed by atoms with Crippen LogP contribution >= 0.6 is 11.3 Å². The van der Waals surface area contributed by atoms with E-state index in [2.05, 4.69) is 39.0 Å². The number of nitrogens with one attached hydrogen (secondary N) is 1. The van der Waals surface area contributed by atoms with Crippen LogP contribution in [0.25, 0.3) is 0 Å². The average molecular weight is 307 g/mol. The highest BCUT2D eigenvalue weighted by molar-refractivity contribution is 7.07. The van der Waals surface area contributed by atoms with E-state index in [1.165, 1.54) is 18.4 Å². The molecule has 1 aromatic heterocycles. The minimum atomic E-state index is 0.442. The monoisotopic (exact) mass is 307 g/mol. The van der Waals surface area contributed by atoms with Gasteiger partial charge in [0, 0.05) is 26.2 Å². The van der Waals surface area contributed by atoms with Crippen molar-refractivity contribution < 1.29 is 4.74 Å². The molecule has 2 fully saturated rings. The standard InChI is InChI=1S/C16H25N3OS/c1-3-20-14-9-13(10-14)18-16(17-2)19-7-4-5-15(19)12-6-8-21-11-12/h6,8,11,13-15H,3-5,7,9-10H2,1-2H3,(H,17,18). The predicted molar refractivity (Wildman–Crippen MR) is 87.9 cm³/mol. The van der Waals surface area contributed by atoms with Gasteiger partial charge in [-0.25, -0.2) is 0 Å². The zero-order chi connectivity index (χ0) is 14.7. The molecular formula is C16H25N3OS. The molecular weight excluding hydrogens is 282 g/mol. The van der Waals surface area contributed by atoms with E-state index in [0.717, 1.165) is 32.0 Å². The van der Waals surface area contributed by atoms with Gasteiger partial charge in [-0.15, -0.1) is 0 Å². The highest BCUT2D eigenvalue weighted by Gasteiger charge is 2.34. The summed E-state index contributed by atoms with van der Waals surface area (Å²) in [6.45, 7) is 3.98. The Kier molecular flexibility index (Phi) is 4.80. The maximum Gasteiger partial charge on any atom is 0.194 e. The molecule has 0 aromatic carbocycles. The summed E-state index contributed by atoms with van der Waals surface area (Å²) < 4.78 is 5.64. The van der Waals surface area contributed by atoms with Crippen molar-refractivity contribution in [2.45, 2.75) is 50.8 Å². The van der Waals surface area contributed by atoms with E-state index in [-0.39, 0.29) is 0 Å². The van der Waals surface area contributed by atoms with Gasteiger partial charge in [0.05, 0.1) is 12.1 Å². The second-order valence-corrected chi connectivity index (χ2v) is 6.63. The van der Waals surface area contributed by atoms with Gasteiger partial charge in [0.15, 0.2) is 5.96 Å². The first-order valence-electron chi connectivity index (χ1n) is 7.95. The fraction of sp³-hybridized carbons (Fsp3) is 0.688. The first-order chi connectivity index (χ1) is 10.3. The highest BCUT2D eigenvalue weighted by atomic mass is 32.1. The molecule has 2 heterocycles. The lowest BCUT2D eigenvalue weighted by Crippen LogP contribution is -2.52. The van der Waals surface area contributed by atoms with E-state index in [1.54, 1.807) is 11.3 Å². The van der Waals surface area contributed by atoms with Crippen molar-refractivity contribution in [3.63, 3.8) is 0 Å². The number of hydrogen-bond donors (Lipinski definition) is 1. The molecule has 1 aromatic rings. The van der Waals surface area contributed by atoms with Crippen molar-refractivity contribution in [2.24, 2.45) is 4.99 Å². The number of guanidine groups is 1. The number of nitrogens with zero attached hydrogens (tertiary/aromatic N) is 2. The number of thiophene rings is 1. The Morgan fingerprint density at radius 1 is 1.52 bits per heavy atom. The minimum Gasteiger partial charge on any atom is -0.378 e. The first kappa shape index (κ1) is 14.9. The maximum atomic E-state index is 5.64. The van der Waals surface area contributed by atoms with Crippen molar-refractivity contribution in [3.8, 4) is 0 Å². The van der Waals surface area contributed by atoms with E-state index in [9.17, 15) is 0 Å². The quantitative estimate of drug-likeness (QED) is 0.686. The molecule has 1 saturated carbocycles. The van der Waals surface area contributed by atoms with Gasteiger partial charge in [0.25, 0.3) is 0 Å². The number of aliphatic imine (C=N–C) groups is 1. The van der Waals surface area contributed by atoms with Gasteiger partial charge in [-0.2, -0.15) is 11.3 Å². The molecule has 1 aliphatic carbocycles. The molecule has 1 atom stereocenters. The van der Waals surface area contributed by atoms with Crippen LogP contribution in [0, 0.1) is 0 Å². The summed E-state index contributed by atoms with van der Waals surface area (Å²) in [5.74, 6) is 1.06. The lowest BCUT2D eigenvalue weighted by Gasteiger charge is -2.38. The zero-order valence-electron chi connectivity index (χ0n) is 12.9. The third kappa shape index (κ3) is 3.24. The topological polar surface area (TPSA) is 36.9 Å². The van der Waals surface area contributed by atoms with Crippen molar-refractivity contribution in [1.82, 2.24) is 10.2 Å². The van der Waals surface area contributed by atoms with Crippen molar-refractivity contribution >= 4 is 17.3 Å². The average Bonchev–Trinajstić information content (AvgIpc) is 3.10. The van der Waals surface area contributed by atoms with Gasteiger partial charge in [-0.1, -0.05) is 0 Å². The Bertz CT molecular complexity index is 468. The van der Waals surface area contributed by atoms with Crippen LogP contribution in [0.1, 0.15) is 44.2 Å². The zero-order valence-corrected chi connectivity index (χ0v) is 13.7. The lowest BCUT2D eigenvalue weighted by molar-refractivity contribution is -0.00633. The molecule has 0 bridgehead atoms. The minimum absolute atomic E-state index is 0.442. The summed E-state index contributed by atoms with van der Waals surface area (Å²) >= 11 is 1.78. The summed E-state index contributed by atoms with van der Waals surface area (Å²) in [5, 5.41) is 8.06. The Morgan fingerprint density at radius 2 is 2.38 bits per heavy atom. The van der Waals surface area contributed by atoms with Gasteiger partial charge in [-0.05, 0) is 55.0 Å². The van der Waals surface area contributed by atoms with Gasteiger partial charge in [-0.3, -0.25) is 4.99 Å². The highest BCUT2D eigenvalue weighted by Crippen LogP contribution is 2.33. The van der Waals surface area contributed by atoms with E-state index < -0.39 is 0 Å². The second-order valence-electron chi connectivity index (χ2n) is 5.85. The second kappa shape index (κ2) is 6.79. The molecule has 21 heavy (non-hydrogen) atoms. The van der Waals surface area contributed by atoms with Gasteiger partial charge in [0.2, 0.25) is 0 Å². The van der Waals surface area contributed by atoms with Crippen LogP contribution < -0.4 is 5.32 Å². The fourth-order valence-corrected chi connectivity index (χ4v) is 4.05. The molecule has 1 saturated heterocycles. The Morgan fingerprint density at radius 3 is 3.05 bits per heavy atom. The number of hydrogen-bond acceptors (Lipinski definition) is 3. The number of ether oxygens (including phenoxy) is 1.